The van der Waals surface area contributed by atoms with Crippen molar-refractivity contribution in [3.8, 4) is 0 Å². The summed E-state index contributed by atoms with van der Waals surface area (Å²) in [4.78, 5) is 9.62. The first-order chi connectivity index (χ1) is 9.11. The molecule has 1 heterocycles. The lowest BCUT2D eigenvalue weighted by Gasteiger charge is -2.10. The first kappa shape index (κ1) is 16.7. The van der Waals surface area contributed by atoms with Crippen molar-refractivity contribution in [3.63, 3.8) is 0 Å². The highest BCUT2D eigenvalue weighted by Gasteiger charge is 2.06. The second-order valence-electron chi connectivity index (χ2n) is 3.69. The lowest BCUT2D eigenvalue weighted by Crippen LogP contribution is -2.19. The lowest BCUT2D eigenvalue weighted by atomic mass is 10.4. The summed E-state index contributed by atoms with van der Waals surface area (Å²) in [6.07, 6.45) is 0.257. The first-order valence-corrected chi connectivity index (χ1v) is 7.50. The van der Waals surface area contributed by atoms with E-state index in [0.29, 0.717) is 33.7 Å². The summed E-state index contributed by atoms with van der Waals surface area (Å²) in [6.45, 7) is 1.53. The van der Waals surface area contributed by atoms with Gasteiger partial charge in [-0.1, -0.05) is 11.8 Å². The van der Waals surface area contributed by atoms with Crippen LogP contribution in [0.1, 0.15) is 6.42 Å². The number of aromatic nitrogens is 3. The molecule has 3 N–H and O–H groups in total. The maximum absolute atomic E-state index is 9.73. The molecule has 108 valence electrons. The maximum Gasteiger partial charge on any atom is 0.201 e. The molecule has 1 rings (SSSR count). The Morgan fingerprint density at radius 3 is 2.84 bits per heavy atom. The van der Waals surface area contributed by atoms with E-state index in [2.05, 4.69) is 15.0 Å². The van der Waals surface area contributed by atoms with Crippen LogP contribution >= 0.6 is 36.2 Å². The molecule has 0 fully saturated rings. The molecule has 0 saturated carbocycles. The Bertz CT molecular complexity index is 449. The number of nitrogens with one attached hydrogen (secondary N) is 2. The van der Waals surface area contributed by atoms with Crippen molar-refractivity contribution < 1.29 is 14.6 Å². The van der Waals surface area contributed by atoms with Crippen LogP contribution < -0.4 is 0 Å². The molecular formula is C10H17N3O3S3. The molecule has 19 heavy (non-hydrogen) atoms. The number of nitrogens with zero attached hydrogens (tertiary/aromatic N) is 1. The molecule has 0 radical (unpaired) electrons. The fourth-order valence-corrected chi connectivity index (χ4v) is 2.54. The monoisotopic (exact) mass is 323 g/mol. The minimum Gasteiger partial charge on any atom is -0.390 e. The number of ether oxygens (including phenoxy) is 2. The Hall–Kier alpha value is -0.320. The Labute approximate surface area is 126 Å². The van der Waals surface area contributed by atoms with Crippen LogP contribution in [0.25, 0.3) is 0 Å². The summed E-state index contributed by atoms with van der Waals surface area (Å²) in [5.74, 6) is 0.460. The number of aromatic amines is 2. The van der Waals surface area contributed by atoms with Gasteiger partial charge in [-0.2, -0.15) is 4.98 Å². The molecule has 0 amide bonds. The Morgan fingerprint density at radius 2 is 2.16 bits per heavy atom. The van der Waals surface area contributed by atoms with Crippen molar-refractivity contribution >= 4 is 36.2 Å². The van der Waals surface area contributed by atoms with Gasteiger partial charge in [0, 0.05) is 26.1 Å². The van der Waals surface area contributed by atoms with Gasteiger partial charge in [0.1, 0.15) is 0 Å². The molecule has 0 aliphatic carbocycles. The van der Waals surface area contributed by atoms with E-state index in [-0.39, 0.29) is 6.61 Å². The zero-order valence-corrected chi connectivity index (χ0v) is 13.0. The van der Waals surface area contributed by atoms with Gasteiger partial charge in [-0.3, -0.25) is 0 Å². The zero-order valence-electron chi connectivity index (χ0n) is 10.5. The van der Waals surface area contributed by atoms with E-state index in [1.54, 1.807) is 7.11 Å². The summed E-state index contributed by atoms with van der Waals surface area (Å²) in [6, 6.07) is 0. The van der Waals surface area contributed by atoms with Crippen molar-refractivity contribution in [1.82, 2.24) is 15.0 Å². The first-order valence-electron chi connectivity index (χ1n) is 5.70. The molecule has 1 unspecified atom stereocenters. The molecule has 0 aromatic carbocycles. The van der Waals surface area contributed by atoms with Crippen LogP contribution in [-0.2, 0) is 9.47 Å². The van der Waals surface area contributed by atoms with Crippen LogP contribution in [0, 0.1) is 9.54 Å². The molecule has 1 aromatic heterocycles. The Morgan fingerprint density at radius 1 is 1.37 bits per heavy atom. The number of rotatable bonds is 9. The predicted octanol–water partition coefficient (Wildman–Crippen LogP) is 1.70. The van der Waals surface area contributed by atoms with E-state index < -0.39 is 6.10 Å². The summed E-state index contributed by atoms with van der Waals surface area (Å²) in [5, 5.41) is 10.3. The standard InChI is InChI=1S/C10H17N3O3S3/c1-15-3-2-4-16-5-7(14)6-19-10-12-8(17)11-9(18)13-10/h7,14H,2-6H2,1H3,(H2,11,12,13,17,18). The topological polar surface area (TPSA) is 83.2 Å². The normalized spacial score (nSPS) is 12.5. The third-order valence-corrected chi connectivity index (χ3v) is 3.42. The van der Waals surface area contributed by atoms with Gasteiger partial charge in [-0.25, -0.2) is 0 Å². The number of aliphatic hydroxyl groups excluding tert-OH is 1. The summed E-state index contributed by atoms with van der Waals surface area (Å²) in [7, 11) is 1.65. The number of aliphatic hydroxyl groups is 1. The van der Waals surface area contributed by atoms with Crippen LogP contribution in [-0.4, -0.2) is 58.8 Å². The average molecular weight is 323 g/mol. The van der Waals surface area contributed by atoms with Gasteiger partial charge in [0.2, 0.25) is 4.77 Å². The number of hydrogen-bond donors (Lipinski definition) is 3. The van der Waals surface area contributed by atoms with Crippen LogP contribution in [0.3, 0.4) is 0 Å². The van der Waals surface area contributed by atoms with Crippen LogP contribution in [0.5, 0.6) is 0 Å². The number of hydrogen-bond acceptors (Lipinski definition) is 7. The van der Waals surface area contributed by atoms with Gasteiger partial charge < -0.3 is 24.5 Å². The third-order valence-electron chi connectivity index (χ3n) is 2.00. The van der Waals surface area contributed by atoms with E-state index in [0.717, 1.165) is 6.42 Å². The minimum absolute atomic E-state index is 0.289. The highest BCUT2D eigenvalue weighted by Crippen LogP contribution is 2.12. The molecule has 6 nitrogen and oxygen atoms in total. The van der Waals surface area contributed by atoms with Crippen molar-refractivity contribution in [1.29, 1.82) is 0 Å². The van der Waals surface area contributed by atoms with E-state index in [4.69, 9.17) is 33.9 Å². The second-order valence-corrected chi connectivity index (χ2v) is 5.49. The number of methoxy groups -OCH3 is 1. The summed E-state index contributed by atoms with van der Waals surface area (Å²) in [5.41, 5.74) is 0. The van der Waals surface area contributed by atoms with Gasteiger partial charge in [-0.15, -0.1) is 0 Å². The molecule has 1 aromatic rings. The largest absolute Gasteiger partial charge is 0.390 e. The fraction of sp³-hybridized carbons (Fsp3) is 0.700. The molecule has 0 aliphatic heterocycles. The average Bonchev–Trinajstić information content (AvgIpc) is 2.35. The molecular weight excluding hydrogens is 306 g/mol. The van der Waals surface area contributed by atoms with Crippen molar-refractivity contribution in [3.05, 3.63) is 9.54 Å². The predicted molar refractivity (Wildman–Crippen MR) is 78.6 cm³/mol. The lowest BCUT2D eigenvalue weighted by molar-refractivity contribution is 0.0390. The number of thioether (sulfide) groups is 1. The quantitative estimate of drug-likeness (QED) is 0.362. The van der Waals surface area contributed by atoms with Crippen LogP contribution in [0.2, 0.25) is 0 Å². The molecule has 0 bridgehead atoms. The van der Waals surface area contributed by atoms with Gasteiger partial charge >= 0.3 is 0 Å². The van der Waals surface area contributed by atoms with E-state index in [1.807, 2.05) is 0 Å². The third kappa shape index (κ3) is 7.75. The highest BCUT2D eigenvalue weighted by molar-refractivity contribution is 7.99. The Kier molecular flexibility index (Phi) is 8.42. The van der Waals surface area contributed by atoms with E-state index in [9.17, 15) is 5.11 Å². The smallest absolute Gasteiger partial charge is 0.201 e. The maximum atomic E-state index is 9.73. The molecule has 0 saturated heterocycles. The fourth-order valence-electron chi connectivity index (χ4n) is 1.19. The Balaban J connectivity index is 2.24. The number of H-pyrrole nitrogens is 2. The van der Waals surface area contributed by atoms with Crippen molar-refractivity contribution in [2.75, 3.05) is 32.7 Å². The highest BCUT2D eigenvalue weighted by atomic mass is 32.2. The van der Waals surface area contributed by atoms with Crippen LogP contribution in [0.4, 0.5) is 0 Å². The van der Waals surface area contributed by atoms with Gasteiger partial charge in [0.25, 0.3) is 0 Å². The zero-order chi connectivity index (χ0) is 14.1. The molecule has 0 aliphatic rings. The second kappa shape index (κ2) is 9.56. The SMILES string of the molecule is COCCCOCC(O)CSc1nc(=S)[nH]c(=S)[nH]1. The van der Waals surface area contributed by atoms with Gasteiger partial charge in [0.05, 0.1) is 12.7 Å². The molecule has 9 heteroatoms. The minimum atomic E-state index is -0.561. The van der Waals surface area contributed by atoms with Crippen LogP contribution in [0.15, 0.2) is 5.16 Å². The van der Waals surface area contributed by atoms with Gasteiger partial charge in [-0.05, 0) is 30.9 Å². The van der Waals surface area contributed by atoms with Crippen molar-refractivity contribution in [2.45, 2.75) is 17.7 Å². The van der Waals surface area contributed by atoms with E-state index in [1.165, 1.54) is 11.8 Å². The molecule has 1 atom stereocenters. The summed E-state index contributed by atoms with van der Waals surface area (Å²) < 4.78 is 11.0. The van der Waals surface area contributed by atoms with Crippen molar-refractivity contribution in [2.24, 2.45) is 0 Å². The van der Waals surface area contributed by atoms with E-state index >= 15 is 0 Å². The summed E-state index contributed by atoms with van der Waals surface area (Å²) >= 11 is 11.2. The van der Waals surface area contributed by atoms with Gasteiger partial charge in [0.15, 0.2) is 9.93 Å². The molecule has 0 spiro atoms.